The van der Waals surface area contributed by atoms with Gasteiger partial charge in [0.05, 0.1) is 29.1 Å². The summed E-state index contributed by atoms with van der Waals surface area (Å²) in [6.07, 6.45) is -0.268. The second-order valence-corrected chi connectivity index (χ2v) is 15.7. The van der Waals surface area contributed by atoms with Gasteiger partial charge in [-0.3, -0.25) is 24.0 Å². The third-order valence-corrected chi connectivity index (χ3v) is 10.0. The van der Waals surface area contributed by atoms with Crippen molar-refractivity contribution in [1.82, 2.24) is 9.80 Å². The first-order chi connectivity index (χ1) is 28.2. The van der Waals surface area contributed by atoms with Gasteiger partial charge in [-0.15, -0.1) is 0 Å². The molecule has 0 spiro atoms. The van der Waals surface area contributed by atoms with Crippen molar-refractivity contribution in [3.63, 3.8) is 0 Å². The maximum atomic E-state index is 14.8. The Kier molecular flexibility index (Phi) is 14.9. The molecule has 0 aliphatic heterocycles. The van der Waals surface area contributed by atoms with Gasteiger partial charge in [0.2, 0.25) is 18.1 Å². The number of carbonyl (C=O) groups is 5. The summed E-state index contributed by atoms with van der Waals surface area (Å²) in [5, 5.41) is 10.6. The van der Waals surface area contributed by atoms with Crippen molar-refractivity contribution >= 4 is 29.7 Å². The summed E-state index contributed by atoms with van der Waals surface area (Å²) in [5.74, 6) is -7.50. The highest BCUT2D eigenvalue weighted by Gasteiger charge is 2.65. The van der Waals surface area contributed by atoms with Gasteiger partial charge in [-0.25, -0.2) is 0 Å². The third kappa shape index (κ3) is 11.5. The molecule has 12 nitrogen and oxygen atoms in total. The van der Waals surface area contributed by atoms with E-state index in [9.17, 15) is 29.1 Å². The zero-order valence-electron chi connectivity index (χ0n) is 34.5. The van der Waals surface area contributed by atoms with Crippen molar-refractivity contribution in [2.24, 2.45) is 29.1 Å². The lowest BCUT2D eigenvalue weighted by Crippen LogP contribution is -2.64. The predicted molar refractivity (Wildman–Crippen MR) is 220 cm³/mol. The average Bonchev–Trinajstić information content (AvgIpc) is 3.18. The van der Waals surface area contributed by atoms with Gasteiger partial charge in [0.1, 0.15) is 23.0 Å². The van der Waals surface area contributed by atoms with E-state index in [4.69, 9.17) is 18.9 Å². The number of amides is 2. The zero-order valence-corrected chi connectivity index (χ0v) is 34.5. The minimum absolute atomic E-state index is 0.130. The molecule has 5 rings (SSSR count). The number of para-hydroxylation sites is 2. The summed E-state index contributed by atoms with van der Waals surface area (Å²) in [6.45, 7) is 10.9. The van der Waals surface area contributed by atoms with Gasteiger partial charge in [-0.2, -0.15) is 0 Å². The normalized spacial score (nSPS) is 17.7. The highest BCUT2D eigenvalue weighted by molar-refractivity contribution is 6.00. The lowest BCUT2D eigenvalue weighted by atomic mass is 9.55. The van der Waals surface area contributed by atoms with Gasteiger partial charge in [-0.05, 0) is 93.3 Å². The van der Waals surface area contributed by atoms with Crippen LogP contribution in [0.4, 0.5) is 0 Å². The molecule has 0 radical (unpaired) electrons. The summed E-state index contributed by atoms with van der Waals surface area (Å²) in [6, 6.07) is 33.1. The zero-order chi connectivity index (χ0) is 42.7. The maximum Gasteiger partial charge on any atom is 0.314 e. The first-order valence-electron chi connectivity index (χ1n) is 20.1. The Labute approximate surface area is 346 Å². The second kappa shape index (κ2) is 20.0. The molecule has 12 heteroatoms. The number of ether oxygens (including phenoxy) is 4. The van der Waals surface area contributed by atoms with Crippen LogP contribution in [-0.2, 0) is 46.5 Å². The van der Waals surface area contributed by atoms with E-state index < -0.39 is 65.1 Å². The van der Waals surface area contributed by atoms with Crippen molar-refractivity contribution < 1.29 is 48.0 Å². The lowest BCUT2D eigenvalue weighted by molar-refractivity contribution is -0.208. The lowest BCUT2D eigenvalue weighted by Gasteiger charge is -2.49. The van der Waals surface area contributed by atoms with Crippen LogP contribution in [0.3, 0.4) is 0 Å². The Balaban J connectivity index is 1.42. The van der Waals surface area contributed by atoms with Crippen molar-refractivity contribution in [3.8, 4) is 23.0 Å². The molecule has 1 aliphatic rings. The molecule has 4 aromatic carbocycles. The quantitative estimate of drug-likeness (QED) is 0.0767. The SMILES string of the molecule is CCCN(Cc1ccc(Oc2ccccc2)cc1)C(=O)[C@@H]1[C@H](C(=O)O)[C@@H](C(=O)OC(C)OC(=O)C(C)(C)C)[C@H]1C(=O)N(CCC)Cc1ccc(Oc2ccccc2)cc1. The van der Waals surface area contributed by atoms with Crippen LogP contribution >= 0.6 is 0 Å². The first kappa shape index (κ1) is 43.9. The van der Waals surface area contributed by atoms with Gasteiger partial charge in [0.15, 0.2) is 0 Å². The van der Waals surface area contributed by atoms with E-state index >= 15 is 0 Å². The molecule has 312 valence electrons. The van der Waals surface area contributed by atoms with E-state index in [1.807, 2.05) is 98.8 Å². The Bertz CT molecular complexity index is 2030. The summed E-state index contributed by atoms with van der Waals surface area (Å²) in [5.41, 5.74) is 0.624. The van der Waals surface area contributed by atoms with Crippen LogP contribution in [0.5, 0.6) is 23.0 Å². The van der Waals surface area contributed by atoms with Crippen LogP contribution < -0.4 is 9.47 Å². The molecule has 59 heavy (non-hydrogen) atoms. The Morgan fingerprint density at radius 1 is 0.576 bits per heavy atom. The van der Waals surface area contributed by atoms with Gasteiger partial charge >= 0.3 is 17.9 Å². The number of carboxylic acids is 1. The maximum absolute atomic E-state index is 14.8. The van der Waals surface area contributed by atoms with Gasteiger partial charge in [0.25, 0.3) is 0 Å². The Morgan fingerprint density at radius 3 is 1.34 bits per heavy atom. The fourth-order valence-electron chi connectivity index (χ4n) is 7.07. The second-order valence-electron chi connectivity index (χ2n) is 15.7. The fraction of sp³-hybridized carbons (Fsp3) is 0.383. The summed E-state index contributed by atoms with van der Waals surface area (Å²) >= 11 is 0. The van der Waals surface area contributed by atoms with Crippen LogP contribution in [0.15, 0.2) is 109 Å². The molecule has 1 saturated carbocycles. The van der Waals surface area contributed by atoms with Gasteiger partial charge < -0.3 is 33.9 Å². The topological polar surface area (TPSA) is 149 Å². The molecular formula is C47H54N2O10. The largest absolute Gasteiger partial charge is 0.481 e. The van der Waals surface area contributed by atoms with E-state index in [1.54, 1.807) is 54.8 Å². The van der Waals surface area contributed by atoms with Crippen LogP contribution in [0, 0.1) is 29.1 Å². The molecule has 4 aromatic rings. The molecule has 1 N–H and O–H groups in total. The number of aliphatic carboxylic acids is 1. The summed E-state index contributed by atoms with van der Waals surface area (Å²) in [4.78, 5) is 72.1. The molecule has 1 unspecified atom stereocenters. The molecule has 1 fully saturated rings. The fourth-order valence-corrected chi connectivity index (χ4v) is 7.07. The number of carbonyl (C=O) groups excluding carboxylic acids is 4. The molecule has 5 atom stereocenters. The van der Waals surface area contributed by atoms with Crippen LogP contribution in [0.25, 0.3) is 0 Å². The highest BCUT2D eigenvalue weighted by Crippen LogP contribution is 2.50. The van der Waals surface area contributed by atoms with E-state index in [2.05, 4.69) is 0 Å². The third-order valence-electron chi connectivity index (χ3n) is 10.0. The number of nitrogens with zero attached hydrogens (tertiary/aromatic N) is 2. The van der Waals surface area contributed by atoms with Crippen LogP contribution in [0.1, 0.15) is 65.5 Å². The number of hydrogen-bond donors (Lipinski definition) is 1. The number of benzene rings is 4. The minimum Gasteiger partial charge on any atom is -0.481 e. The highest BCUT2D eigenvalue weighted by atomic mass is 16.7. The number of hydrogen-bond acceptors (Lipinski definition) is 9. The van der Waals surface area contributed by atoms with E-state index in [1.165, 1.54) is 6.92 Å². The molecule has 0 bridgehead atoms. The van der Waals surface area contributed by atoms with Gasteiger partial charge in [-0.1, -0.05) is 74.5 Å². The molecule has 0 aromatic heterocycles. The number of carboxylic acid groups (broad SMARTS) is 1. The smallest absolute Gasteiger partial charge is 0.314 e. The average molecular weight is 807 g/mol. The summed E-state index contributed by atoms with van der Waals surface area (Å²) in [7, 11) is 0. The van der Waals surface area contributed by atoms with Crippen molar-refractivity contribution in [3.05, 3.63) is 120 Å². The van der Waals surface area contributed by atoms with Crippen molar-refractivity contribution in [2.45, 2.75) is 73.8 Å². The Morgan fingerprint density at radius 2 is 0.966 bits per heavy atom. The monoisotopic (exact) mass is 806 g/mol. The molecule has 0 heterocycles. The number of esters is 2. The summed E-state index contributed by atoms with van der Waals surface area (Å²) < 4.78 is 22.7. The van der Waals surface area contributed by atoms with E-state index in [-0.39, 0.29) is 26.2 Å². The molecule has 2 amide bonds. The standard InChI is InChI=1S/C47H54N2O10/c1-7-27-48(29-32-19-23-36(24-20-32)58-34-15-11-9-12-16-34)42(50)38-39(41(40(38)44(52)53)45(54)56-31(3)57-46(55)47(4,5)6)43(51)49(28-8-2)30-33-21-25-37(26-22-33)59-35-17-13-10-14-18-35/h9-26,31,38-41H,7-8,27-30H2,1-6H3,(H,52,53)/t31?,38-,39-,40-,41-/m0/s1. The Hall–Kier alpha value is -6.17. The molecule has 0 saturated heterocycles. The number of rotatable bonds is 18. The van der Waals surface area contributed by atoms with Crippen molar-refractivity contribution in [2.75, 3.05) is 13.1 Å². The van der Waals surface area contributed by atoms with Gasteiger partial charge in [0, 0.05) is 33.1 Å². The van der Waals surface area contributed by atoms with Crippen molar-refractivity contribution in [1.29, 1.82) is 0 Å². The van der Waals surface area contributed by atoms with E-state index in [0.717, 1.165) is 11.1 Å². The molecular weight excluding hydrogens is 753 g/mol. The minimum atomic E-state index is -1.58. The molecule has 1 aliphatic carbocycles. The van der Waals surface area contributed by atoms with Crippen LogP contribution in [-0.4, -0.2) is 64.0 Å². The van der Waals surface area contributed by atoms with E-state index in [0.29, 0.717) is 35.8 Å². The predicted octanol–water partition coefficient (Wildman–Crippen LogP) is 8.49. The first-order valence-corrected chi connectivity index (χ1v) is 20.1. The van der Waals surface area contributed by atoms with Crippen LogP contribution in [0.2, 0.25) is 0 Å².